The van der Waals surface area contributed by atoms with E-state index in [1.54, 1.807) is 48.5 Å². The van der Waals surface area contributed by atoms with Gasteiger partial charge >= 0.3 is 0 Å². The Labute approximate surface area is 120 Å². The molecule has 0 spiro atoms. The van der Waals surface area contributed by atoms with E-state index in [1.165, 1.54) is 0 Å². The number of benzene rings is 2. The lowest BCUT2D eigenvalue weighted by Crippen LogP contribution is -2.34. The first-order valence-electron chi connectivity index (χ1n) is 6.33. The average Bonchev–Trinajstić information content (AvgIpc) is 2.78. The normalized spacial score (nSPS) is 13.2. The fourth-order valence-electron chi connectivity index (χ4n) is 2.19. The monoisotopic (exact) mass is 281 g/mol. The molecule has 0 radical (unpaired) electrons. The zero-order chi connectivity index (χ0) is 14.8. The van der Waals surface area contributed by atoms with Crippen molar-refractivity contribution in [2.24, 2.45) is 5.18 Å². The summed E-state index contributed by atoms with van der Waals surface area (Å²) in [4.78, 5) is 35.8. The Morgan fingerprint density at radius 2 is 1.48 bits per heavy atom. The van der Waals surface area contributed by atoms with Crippen molar-refractivity contribution in [2.75, 3.05) is 12.0 Å². The molecule has 6 heteroatoms. The van der Waals surface area contributed by atoms with Crippen LogP contribution in [0.3, 0.4) is 0 Å². The molecule has 1 aliphatic rings. The largest absolute Gasteiger partial charge is 0.367 e. The summed E-state index contributed by atoms with van der Waals surface area (Å²) < 4.78 is 0. The van der Waals surface area contributed by atoms with E-state index in [0.29, 0.717) is 22.5 Å². The molecule has 0 atom stereocenters. The zero-order valence-electron chi connectivity index (χ0n) is 10.9. The van der Waals surface area contributed by atoms with Crippen LogP contribution in [0.2, 0.25) is 0 Å². The number of fused-ring (bicyclic) bond motifs is 1. The molecule has 0 aliphatic carbocycles. The van der Waals surface area contributed by atoms with Crippen LogP contribution in [0.1, 0.15) is 20.7 Å². The Hall–Kier alpha value is -3.02. The quantitative estimate of drug-likeness (QED) is 0.690. The number of imide groups is 1. The topological polar surface area (TPSA) is 78.8 Å². The molecule has 104 valence electrons. The first-order valence-corrected chi connectivity index (χ1v) is 6.33. The number of hydrogen-bond donors (Lipinski definition) is 1. The molecule has 2 aromatic rings. The summed E-state index contributed by atoms with van der Waals surface area (Å²) in [7, 11) is 0. The van der Waals surface area contributed by atoms with Crippen LogP contribution in [0.15, 0.2) is 53.7 Å². The minimum absolute atomic E-state index is 0.0697. The number of carbonyl (C=O) groups is 2. The second kappa shape index (κ2) is 5.16. The Kier molecular flexibility index (Phi) is 3.19. The van der Waals surface area contributed by atoms with Crippen LogP contribution < -0.4 is 5.32 Å². The summed E-state index contributed by atoms with van der Waals surface area (Å²) in [6, 6.07) is 13.2. The number of amides is 2. The number of hydrogen-bond acceptors (Lipinski definition) is 5. The molecule has 1 aliphatic heterocycles. The first kappa shape index (κ1) is 13.0. The Bertz CT molecular complexity index is 690. The van der Waals surface area contributed by atoms with Gasteiger partial charge in [-0.15, -0.1) is 4.91 Å². The predicted molar refractivity (Wildman–Crippen MR) is 77.3 cm³/mol. The van der Waals surface area contributed by atoms with Crippen molar-refractivity contribution < 1.29 is 9.59 Å². The van der Waals surface area contributed by atoms with E-state index in [9.17, 15) is 14.5 Å². The van der Waals surface area contributed by atoms with Crippen LogP contribution in [-0.2, 0) is 0 Å². The maximum Gasteiger partial charge on any atom is 0.263 e. The van der Waals surface area contributed by atoms with E-state index in [-0.39, 0.29) is 18.5 Å². The summed E-state index contributed by atoms with van der Waals surface area (Å²) in [5, 5.41) is 5.78. The van der Waals surface area contributed by atoms with Gasteiger partial charge in [0.05, 0.1) is 17.8 Å². The summed E-state index contributed by atoms with van der Waals surface area (Å²) in [5.74, 6) is -0.622. The van der Waals surface area contributed by atoms with E-state index in [1.807, 2.05) is 0 Å². The molecule has 0 fully saturated rings. The third-order valence-corrected chi connectivity index (χ3v) is 3.29. The molecule has 21 heavy (non-hydrogen) atoms. The first-order chi connectivity index (χ1) is 10.2. The Morgan fingerprint density at radius 3 is 2.00 bits per heavy atom. The van der Waals surface area contributed by atoms with E-state index in [2.05, 4.69) is 10.5 Å². The lowest BCUT2D eigenvalue weighted by molar-refractivity contribution is 0.0666. The molecule has 2 amide bonds. The van der Waals surface area contributed by atoms with Crippen LogP contribution in [0, 0.1) is 4.91 Å². The zero-order valence-corrected chi connectivity index (χ0v) is 10.9. The van der Waals surface area contributed by atoms with Crippen LogP contribution in [-0.4, -0.2) is 23.4 Å². The number of nitrogens with one attached hydrogen (secondary N) is 1. The van der Waals surface area contributed by atoms with Gasteiger partial charge < -0.3 is 5.32 Å². The van der Waals surface area contributed by atoms with Gasteiger partial charge in [-0.25, -0.2) is 0 Å². The average molecular weight is 281 g/mol. The van der Waals surface area contributed by atoms with Crippen molar-refractivity contribution in [3.8, 4) is 0 Å². The van der Waals surface area contributed by atoms with Crippen molar-refractivity contribution in [1.82, 2.24) is 4.90 Å². The SMILES string of the molecule is O=Nc1ccc(NCN2C(=O)c3ccccc3C2=O)cc1. The van der Waals surface area contributed by atoms with Gasteiger partial charge in [-0.05, 0) is 41.6 Å². The van der Waals surface area contributed by atoms with Gasteiger partial charge in [0, 0.05) is 5.69 Å². The van der Waals surface area contributed by atoms with Crippen LogP contribution in [0.4, 0.5) is 11.4 Å². The molecule has 0 saturated carbocycles. The maximum atomic E-state index is 12.1. The van der Waals surface area contributed by atoms with Crippen LogP contribution >= 0.6 is 0 Å². The standard InChI is InChI=1S/C15H11N3O3/c19-14-12-3-1-2-4-13(12)15(20)18(14)9-16-10-5-7-11(17-21)8-6-10/h1-8,16H,9H2. The van der Waals surface area contributed by atoms with Gasteiger partial charge in [-0.1, -0.05) is 12.1 Å². The lowest BCUT2D eigenvalue weighted by Gasteiger charge is -2.15. The van der Waals surface area contributed by atoms with Crippen molar-refractivity contribution in [1.29, 1.82) is 0 Å². The van der Waals surface area contributed by atoms with Gasteiger partial charge in [0.25, 0.3) is 11.8 Å². The molecule has 0 unspecified atom stereocenters. The number of nitrogens with zero attached hydrogens (tertiary/aromatic N) is 2. The molecule has 0 saturated heterocycles. The summed E-state index contributed by atoms with van der Waals surface area (Å²) in [6.45, 7) is 0.0697. The highest BCUT2D eigenvalue weighted by molar-refractivity contribution is 6.21. The van der Waals surface area contributed by atoms with Gasteiger partial charge in [0.15, 0.2) is 0 Å². The van der Waals surface area contributed by atoms with Crippen molar-refractivity contribution in [2.45, 2.75) is 0 Å². The molecule has 1 heterocycles. The predicted octanol–water partition coefficient (Wildman–Crippen LogP) is 2.75. The summed E-state index contributed by atoms with van der Waals surface area (Å²) in [5.41, 5.74) is 1.86. The third-order valence-electron chi connectivity index (χ3n) is 3.29. The highest BCUT2D eigenvalue weighted by Crippen LogP contribution is 2.22. The van der Waals surface area contributed by atoms with Crippen LogP contribution in [0.25, 0.3) is 0 Å². The minimum atomic E-state index is -0.311. The van der Waals surface area contributed by atoms with Gasteiger partial charge in [-0.3, -0.25) is 14.5 Å². The fraction of sp³-hybridized carbons (Fsp3) is 0.0667. The summed E-state index contributed by atoms with van der Waals surface area (Å²) in [6.07, 6.45) is 0. The van der Waals surface area contributed by atoms with Gasteiger partial charge in [-0.2, -0.15) is 0 Å². The molecule has 3 rings (SSSR count). The highest BCUT2D eigenvalue weighted by Gasteiger charge is 2.34. The smallest absolute Gasteiger partial charge is 0.263 e. The molecule has 0 aromatic heterocycles. The highest BCUT2D eigenvalue weighted by atomic mass is 16.3. The Balaban J connectivity index is 1.73. The van der Waals surface area contributed by atoms with Crippen molar-refractivity contribution in [3.05, 3.63) is 64.6 Å². The molecular weight excluding hydrogens is 270 g/mol. The molecule has 2 aromatic carbocycles. The van der Waals surface area contributed by atoms with E-state index < -0.39 is 0 Å². The van der Waals surface area contributed by atoms with E-state index in [4.69, 9.17) is 0 Å². The van der Waals surface area contributed by atoms with Crippen molar-refractivity contribution in [3.63, 3.8) is 0 Å². The lowest BCUT2D eigenvalue weighted by atomic mass is 10.1. The molecule has 6 nitrogen and oxygen atoms in total. The minimum Gasteiger partial charge on any atom is -0.367 e. The second-order valence-corrected chi connectivity index (χ2v) is 4.56. The second-order valence-electron chi connectivity index (χ2n) is 4.56. The number of rotatable bonds is 4. The number of anilines is 1. The molecule has 0 bridgehead atoms. The maximum absolute atomic E-state index is 12.1. The molecule has 1 N–H and O–H groups in total. The van der Waals surface area contributed by atoms with Gasteiger partial charge in [0.1, 0.15) is 5.69 Å². The fourth-order valence-corrected chi connectivity index (χ4v) is 2.19. The van der Waals surface area contributed by atoms with E-state index in [0.717, 1.165) is 4.90 Å². The van der Waals surface area contributed by atoms with Crippen LogP contribution in [0.5, 0.6) is 0 Å². The van der Waals surface area contributed by atoms with E-state index >= 15 is 0 Å². The number of nitroso groups, excluding NO2 is 1. The summed E-state index contributed by atoms with van der Waals surface area (Å²) >= 11 is 0. The molecular formula is C15H11N3O3. The van der Waals surface area contributed by atoms with Gasteiger partial charge in [0.2, 0.25) is 0 Å². The Morgan fingerprint density at radius 1 is 0.905 bits per heavy atom. The number of carbonyl (C=O) groups excluding carboxylic acids is 2. The third kappa shape index (κ3) is 2.27. The van der Waals surface area contributed by atoms with Crippen molar-refractivity contribution >= 4 is 23.2 Å².